The van der Waals surface area contributed by atoms with Crippen LogP contribution in [0.1, 0.15) is 6.92 Å². The van der Waals surface area contributed by atoms with Gasteiger partial charge in [0, 0.05) is 6.92 Å². The first-order valence-corrected chi connectivity index (χ1v) is 4.72. The minimum Gasteiger partial charge on any atom is -0.394 e. The molecule has 0 aromatic rings. The third-order valence-electron chi connectivity index (χ3n) is 2.47. The van der Waals surface area contributed by atoms with Gasteiger partial charge in [0.15, 0.2) is 6.23 Å². The zero-order chi connectivity index (χ0) is 12.5. The Balaban J connectivity index is 2.90. The van der Waals surface area contributed by atoms with Crippen LogP contribution in [0.5, 0.6) is 0 Å². The molecule has 1 rings (SSSR count). The summed E-state index contributed by atoms with van der Waals surface area (Å²) in [6.07, 6.45) is -5.87. The average Bonchev–Trinajstić information content (AvgIpc) is 2.20. The molecule has 1 heterocycles. The maximum absolute atomic E-state index is 10.8. The SMILES string of the molecule is CC(=O)N[C@]1(O)[C@H](N)O[C@H](CO)[C@@H](O)[C@@H]1O. The van der Waals surface area contributed by atoms with Gasteiger partial charge in [0.25, 0.3) is 0 Å². The summed E-state index contributed by atoms with van der Waals surface area (Å²) in [6, 6.07) is 0. The highest BCUT2D eigenvalue weighted by molar-refractivity contribution is 5.73. The van der Waals surface area contributed by atoms with Crippen molar-refractivity contribution in [1.29, 1.82) is 0 Å². The van der Waals surface area contributed by atoms with Crippen LogP contribution >= 0.6 is 0 Å². The highest BCUT2D eigenvalue weighted by Gasteiger charge is 2.54. The fourth-order valence-corrected chi connectivity index (χ4v) is 1.58. The highest BCUT2D eigenvalue weighted by Crippen LogP contribution is 2.25. The van der Waals surface area contributed by atoms with Crippen LogP contribution in [-0.4, -0.2) is 63.2 Å². The first kappa shape index (κ1) is 13.3. The Morgan fingerprint density at radius 2 is 2.12 bits per heavy atom. The van der Waals surface area contributed by atoms with Gasteiger partial charge in [0.1, 0.15) is 18.3 Å². The van der Waals surface area contributed by atoms with Gasteiger partial charge >= 0.3 is 0 Å². The topological polar surface area (TPSA) is 145 Å². The first-order valence-electron chi connectivity index (χ1n) is 4.72. The summed E-state index contributed by atoms with van der Waals surface area (Å²) in [5, 5.41) is 39.9. The number of nitrogens with one attached hydrogen (secondary N) is 1. The lowest BCUT2D eigenvalue weighted by molar-refractivity contribution is -0.281. The van der Waals surface area contributed by atoms with Crippen molar-refractivity contribution in [3.8, 4) is 0 Å². The summed E-state index contributed by atoms with van der Waals surface area (Å²) >= 11 is 0. The van der Waals surface area contributed by atoms with Crippen LogP contribution in [0.3, 0.4) is 0 Å². The van der Waals surface area contributed by atoms with Crippen molar-refractivity contribution in [3.63, 3.8) is 0 Å². The number of hydrogen-bond acceptors (Lipinski definition) is 7. The molecule has 1 amide bonds. The van der Waals surface area contributed by atoms with Gasteiger partial charge in [-0.2, -0.15) is 0 Å². The molecule has 1 aliphatic heterocycles. The largest absolute Gasteiger partial charge is 0.394 e. The van der Waals surface area contributed by atoms with E-state index in [4.69, 9.17) is 15.6 Å². The zero-order valence-corrected chi connectivity index (χ0v) is 8.70. The molecule has 1 aliphatic rings. The second kappa shape index (κ2) is 4.62. The molecular weight excluding hydrogens is 220 g/mol. The molecule has 0 aromatic heterocycles. The maximum Gasteiger partial charge on any atom is 0.219 e. The third-order valence-corrected chi connectivity index (χ3v) is 2.47. The van der Waals surface area contributed by atoms with Crippen LogP contribution in [0.2, 0.25) is 0 Å². The Hall–Kier alpha value is -0.770. The van der Waals surface area contributed by atoms with E-state index in [1.165, 1.54) is 0 Å². The Morgan fingerprint density at radius 3 is 2.56 bits per heavy atom. The molecule has 16 heavy (non-hydrogen) atoms. The number of aliphatic hydroxyl groups excluding tert-OH is 3. The van der Waals surface area contributed by atoms with Crippen LogP contribution in [-0.2, 0) is 9.53 Å². The van der Waals surface area contributed by atoms with Crippen molar-refractivity contribution in [2.75, 3.05) is 6.61 Å². The molecule has 1 fully saturated rings. The average molecular weight is 236 g/mol. The lowest BCUT2D eigenvalue weighted by Crippen LogP contribution is -2.75. The van der Waals surface area contributed by atoms with Gasteiger partial charge in [0.2, 0.25) is 11.6 Å². The van der Waals surface area contributed by atoms with Crippen molar-refractivity contribution in [1.82, 2.24) is 5.32 Å². The van der Waals surface area contributed by atoms with Crippen LogP contribution in [0.25, 0.3) is 0 Å². The molecule has 0 radical (unpaired) electrons. The van der Waals surface area contributed by atoms with Crippen LogP contribution in [0, 0.1) is 0 Å². The molecule has 0 unspecified atom stereocenters. The summed E-state index contributed by atoms with van der Waals surface area (Å²) in [7, 11) is 0. The van der Waals surface area contributed by atoms with Gasteiger partial charge < -0.3 is 36.2 Å². The van der Waals surface area contributed by atoms with Gasteiger partial charge in [-0.3, -0.25) is 4.79 Å². The van der Waals surface area contributed by atoms with Crippen molar-refractivity contribution in [3.05, 3.63) is 0 Å². The fraction of sp³-hybridized carbons (Fsp3) is 0.875. The molecule has 8 nitrogen and oxygen atoms in total. The lowest BCUT2D eigenvalue weighted by atomic mass is 9.92. The second-order valence-corrected chi connectivity index (χ2v) is 3.72. The summed E-state index contributed by atoms with van der Waals surface area (Å²) in [6.45, 7) is 0.546. The number of ether oxygens (including phenoxy) is 1. The maximum atomic E-state index is 10.8. The quantitative estimate of drug-likeness (QED) is 0.270. The fourth-order valence-electron chi connectivity index (χ4n) is 1.58. The molecule has 7 N–H and O–H groups in total. The summed E-state index contributed by atoms with van der Waals surface area (Å²) in [4.78, 5) is 10.8. The van der Waals surface area contributed by atoms with E-state index < -0.39 is 42.8 Å². The number of carbonyl (C=O) groups is 1. The highest BCUT2D eigenvalue weighted by atomic mass is 16.6. The van der Waals surface area contributed by atoms with Gasteiger partial charge in [-0.15, -0.1) is 0 Å². The van der Waals surface area contributed by atoms with Crippen LogP contribution in [0.15, 0.2) is 0 Å². The predicted molar refractivity (Wildman–Crippen MR) is 50.7 cm³/mol. The molecule has 94 valence electrons. The molecule has 1 saturated heterocycles. The number of nitrogens with two attached hydrogens (primary N) is 1. The Kier molecular flexibility index (Phi) is 3.84. The Morgan fingerprint density at radius 1 is 1.56 bits per heavy atom. The predicted octanol–water partition coefficient (Wildman–Crippen LogP) is -3.79. The Labute approximate surface area is 91.6 Å². The van der Waals surface area contributed by atoms with Crippen molar-refractivity contribution < 1.29 is 30.0 Å². The number of rotatable bonds is 2. The van der Waals surface area contributed by atoms with E-state index in [0.29, 0.717) is 0 Å². The number of aliphatic hydroxyl groups is 4. The van der Waals surface area contributed by atoms with Crippen molar-refractivity contribution in [2.24, 2.45) is 5.73 Å². The van der Waals surface area contributed by atoms with E-state index in [1.54, 1.807) is 0 Å². The van der Waals surface area contributed by atoms with Crippen molar-refractivity contribution in [2.45, 2.75) is 37.2 Å². The molecule has 0 aromatic carbocycles. The number of amides is 1. The van der Waals surface area contributed by atoms with E-state index in [9.17, 15) is 20.1 Å². The first-order chi connectivity index (χ1) is 7.32. The standard InChI is InChI=1S/C8H16N2O6/c1-3(12)10-8(15)6(14)5(13)4(2-11)16-7(8)9/h4-7,11,13-15H,2,9H2,1H3,(H,10,12)/t4-,5-,6+,7-,8-/m1/s1. The van der Waals surface area contributed by atoms with Gasteiger partial charge in [-0.25, -0.2) is 0 Å². The number of hydrogen-bond donors (Lipinski definition) is 6. The summed E-state index contributed by atoms with van der Waals surface area (Å²) in [5.41, 5.74) is 3.13. The van der Waals surface area contributed by atoms with E-state index in [-0.39, 0.29) is 0 Å². The van der Waals surface area contributed by atoms with Gasteiger partial charge in [-0.1, -0.05) is 0 Å². The van der Waals surface area contributed by atoms with E-state index in [0.717, 1.165) is 6.92 Å². The van der Waals surface area contributed by atoms with Crippen LogP contribution in [0.4, 0.5) is 0 Å². The molecular formula is C8H16N2O6. The Bertz CT molecular complexity index is 275. The monoisotopic (exact) mass is 236 g/mol. The third kappa shape index (κ3) is 2.17. The summed E-state index contributed by atoms with van der Waals surface area (Å²) < 4.78 is 4.89. The molecule has 0 aliphatic carbocycles. The van der Waals surface area contributed by atoms with E-state index in [2.05, 4.69) is 0 Å². The van der Waals surface area contributed by atoms with Crippen LogP contribution < -0.4 is 11.1 Å². The number of carbonyl (C=O) groups excluding carboxylic acids is 1. The molecule has 0 spiro atoms. The second-order valence-electron chi connectivity index (χ2n) is 3.72. The van der Waals surface area contributed by atoms with Gasteiger partial charge in [0.05, 0.1) is 6.61 Å². The summed E-state index contributed by atoms with van der Waals surface area (Å²) in [5.74, 6) is -0.643. The minimum atomic E-state index is -2.28. The molecule has 0 saturated carbocycles. The smallest absolute Gasteiger partial charge is 0.219 e. The minimum absolute atomic E-state index is 0.567. The van der Waals surface area contributed by atoms with Crippen molar-refractivity contribution >= 4 is 5.91 Å². The molecule has 0 bridgehead atoms. The van der Waals surface area contributed by atoms with E-state index in [1.807, 2.05) is 5.32 Å². The normalized spacial score (nSPS) is 44.1. The zero-order valence-electron chi connectivity index (χ0n) is 8.70. The van der Waals surface area contributed by atoms with E-state index >= 15 is 0 Å². The van der Waals surface area contributed by atoms with Gasteiger partial charge in [-0.05, 0) is 0 Å². The molecule has 8 heteroatoms. The lowest BCUT2D eigenvalue weighted by Gasteiger charge is -2.46. The molecule has 5 atom stereocenters.